The SMILES string of the molecule is CCS(=O)(=O)CCNC(=O)c1ccc(C#CCN)s1. The molecular weight excluding hydrogens is 284 g/mol. The molecule has 0 bridgehead atoms. The highest BCUT2D eigenvalue weighted by molar-refractivity contribution is 7.91. The minimum absolute atomic E-state index is 0.0412. The van der Waals surface area contributed by atoms with Gasteiger partial charge >= 0.3 is 0 Å². The first-order valence-electron chi connectivity index (χ1n) is 5.76. The van der Waals surface area contributed by atoms with Gasteiger partial charge in [0.25, 0.3) is 5.91 Å². The molecule has 0 aliphatic carbocycles. The van der Waals surface area contributed by atoms with Crippen molar-refractivity contribution in [3.8, 4) is 11.8 Å². The van der Waals surface area contributed by atoms with E-state index in [2.05, 4.69) is 17.2 Å². The van der Waals surface area contributed by atoms with Crippen LogP contribution in [0.25, 0.3) is 0 Å². The summed E-state index contributed by atoms with van der Waals surface area (Å²) in [6, 6.07) is 3.40. The Balaban J connectivity index is 2.52. The lowest BCUT2D eigenvalue weighted by Gasteiger charge is -2.03. The van der Waals surface area contributed by atoms with Gasteiger partial charge in [-0.3, -0.25) is 4.79 Å². The van der Waals surface area contributed by atoms with Crippen LogP contribution in [0.1, 0.15) is 21.5 Å². The Bertz CT molecular complexity index is 594. The lowest BCUT2D eigenvalue weighted by atomic mass is 10.4. The van der Waals surface area contributed by atoms with E-state index in [1.807, 2.05) is 0 Å². The molecule has 0 aliphatic heterocycles. The summed E-state index contributed by atoms with van der Waals surface area (Å²) in [5, 5.41) is 2.58. The molecule has 19 heavy (non-hydrogen) atoms. The highest BCUT2D eigenvalue weighted by atomic mass is 32.2. The van der Waals surface area contributed by atoms with E-state index in [1.165, 1.54) is 11.3 Å². The van der Waals surface area contributed by atoms with E-state index in [1.54, 1.807) is 19.1 Å². The van der Waals surface area contributed by atoms with Crippen molar-refractivity contribution in [1.29, 1.82) is 0 Å². The number of rotatable bonds is 5. The van der Waals surface area contributed by atoms with Crippen LogP contribution in [0.5, 0.6) is 0 Å². The number of hydrogen-bond donors (Lipinski definition) is 2. The average Bonchev–Trinajstić information content (AvgIpc) is 2.85. The van der Waals surface area contributed by atoms with Crippen LogP contribution in [0, 0.1) is 11.8 Å². The molecule has 0 unspecified atom stereocenters. The number of sulfone groups is 1. The van der Waals surface area contributed by atoms with Gasteiger partial charge in [-0.2, -0.15) is 0 Å². The lowest BCUT2D eigenvalue weighted by Crippen LogP contribution is -2.29. The highest BCUT2D eigenvalue weighted by Crippen LogP contribution is 2.14. The Kier molecular flexibility index (Phi) is 6.02. The topological polar surface area (TPSA) is 89.3 Å². The van der Waals surface area contributed by atoms with Crippen molar-refractivity contribution >= 4 is 27.1 Å². The third-order valence-electron chi connectivity index (χ3n) is 2.28. The van der Waals surface area contributed by atoms with Gasteiger partial charge in [0.05, 0.1) is 22.1 Å². The lowest BCUT2D eigenvalue weighted by molar-refractivity contribution is 0.0960. The molecule has 1 amide bonds. The van der Waals surface area contributed by atoms with E-state index in [-0.39, 0.29) is 30.5 Å². The van der Waals surface area contributed by atoms with E-state index < -0.39 is 9.84 Å². The minimum Gasteiger partial charge on any atom is -0.350 e. The summed E-state index contributed by atoms with van der Waals surface area (Å²) < 4.78 is 22.5. The zero-order valence-corrected chi connectivity index (χ0v) is 12.2. The summed E-state index contributed by atoms with van der Waals surface area (Å²) >= 11 is 1.25. The van der Waals surface area contributed by atoms with Gasteiger partial charge in [0.1, 0.15) is 0 Å². The molecule has 5 nitrogen and oxygen atoms in total. The van der Waals surface area contributed by atoms with Crippen molar-refractivity contribution in [1.82, 2.24) is 5.32 Å². The van der Waals surface area contributed by atoms with E-state index in [9.17, 15) is 13.2 Å². The normalized spacial score (nSPS) is 10.6. The first-order chi connectivity index (χ1) is 8.98. The zero-order valence-electron chi connectivity index (χ0n) is 10.6. The Hall–Kier alpha value is -1.36. The van der Waals surface area contributed by atoms with E-state index >= 15 is 0 Å². The van der Waals surface area contributed by atoms with Gasteiger partial charge in [0, 0.05) is 12.3 Å². The van der Waals surface area contributed by atoms with Crippen LogP contribution < -0.4 is 11.1 Å². The molecule has 0 radical (unpaired) electrons. The number of carbonyl (C=O) groups excluding carboxylic acids is 1. The number of amides is 1. The average molecular weight is 300 g/mol. The van der Waals surface area contributed by atoms with Crippen molar-refractivity contribution < 1.29 is 13.2 Å². The van der Waals surface area contributed by atoms with Crippen LogP contribution in [-0.4, -0.2) is 38.9 Å². The molecule has 0 atom stereocenters. The summed E-state index contributed by atoms with van der Waals surface area (Å²) in [6.45, 7) is 1.98. The highest BCUT2D eigenvalue weighted by Gasteiger charge is 2.11. The van der Waals surface area contributed by atoms with E-state index in [0.29, 0.717) is 4.88 Å². The molecule has 0 saturated heterocycles. The molecule has 0 aromatic carbocycles. The van der Waals surface area contributed by atoms with Crippen molar-refractivity contribution in [2.75, 3.05) is 24.6 Å². The van der Waals surface area contributed by atoms with Crippen molar-refractivity contribution in [3.05, 3.63) is 21.9 Å². The maximum absolute atomic E-state index is 11.7. The predicted octanol–water partition coefficient (Wildman–Crippen LogP) is 0.223. The fourth-order valence-corrected chi connectivity index (χ4v) is 2.72. The summed E-state index contributed by atoms with van der Waals surface area (Å²) in [5.74, 6) is 5.30. The monoisotopic (exact) mass is 300 g/mol. The standard InChI is InChI=1S/C12H16N2O3S2/c1-2-19(16,17)9-8-14-12(15)11-6-5-10(18-11)4-3-7-13/h5-6H,2,7-9,13H2,1H3,(H,14,15). The Morgan fingerprint density at radius 3 is 2.84 bits per heavy atom. The van der Waals surface area contributed by atoms with Crippen LogP contribution in [0.15, 0.2) is 12.1 Å². The summed E-state index contributed by atoms with van der Waals surface area (Å²) in [5.41, 5.74) is 5.26. The van der Waals surface area contributed by atoms with Gasteiger partial charge in [0.15, 0.2) is 9.84 Å². The van der Waals surface area contributed by atoms with Crippen LogP contribution >= 0.6 is 11.3 Å². The number of nitrogens with one attached hydrogen (secondary N) is 1. The molecule has 1 aromatic rings. The first kappa shape index (κ1) is 15.7. The number of nitrogens with two attached hydrogens (primary N) is 1. The molecular formula is C12H16N2O3S2. The van der Waals surface area contributed by atoms with Gasteiger partial charge in [-0.15, -0.1) is 11.3 Å². The van der Waals surface area contributed by atoms with E-state index in [0.717, 1.165) is 4.88 Å². The second-order valence-electron chi connectivity index (χ2n) is 3.66. The summed E-state index contributed by atoms with van der Waals surface area (Å²) in [7, 11) is -3.05. The Morgan fingerprint density at radius 2 is 2.21 bits per heavy atom. The van der Waals surface area contributed by atoms with Crippen LogP contribution in [0.2, 0.25) is 0 Å². The third kappa shape index (κ3) is 5.42. The van der Waals surface area contributed by atoms with Crippen LogP contribution in [0.3, 0.4) is 0 Å². The quantitative estimate of drug-likeness (QED) is 0.761. The number of hydrogen-bond acceptors (Lipinski definition) is 5. The second kappa shape index (κ2) is 7.28. The Morgan fingerprint density at radius 1 is 1.47 bits per heavy atom. The fourth-order valence-electron chi connectivity index (χ4n) is 1.22. The van der Waals surface area contributed by atoms with Gasteiger partial charge in [-0.1, -0.05) is 18.8 Å². The molecule has 0 spiro atoms. The maximum atomic E-state index is 11.7. The third-order valence-corrected chi connectivity index (χ3v) is 4.99. The molecule has 0 aliphatic rings. The largest absolute Gasteiger partial charge is 0.350 e. The molecule has 3 N–H and O–H groups in total. The smallest absolute Gasteiger partial charge is 0.261 e. The van der Waals surface area contributed by atoms with Gasteiger partial charge in [-0.25, -0.2) is 8.42 Å². The molecule has 1 aromatic heterocycles. The zero-order chi connectivity index (χ0) is 14.3. The van der Waals surface area contributed by atoms with Crippen LogP contribution in [-0.2, 0) is 9.84 Å². The second-order valence-corrected chi connectivity index (χ2v) is 7.22. The van der Waals surface area contributed by atoms with Crippen molar-refractivity contribution in [2.24, 2.45) is 5.73 Å². The van der Waals surface area contributed by atoms with Crippen molar-refractivity contribution in [3.63, 3.8) is 0 Å². The van der Waals surface area contributed by atoms with Gasteiger partial charge in [-0.05, 0) is 12.1 Å². The summed E-state index contributed by atoms with van der Waals surface area (Å²) in [6.07, 6.45) is 0. The molecule has 0 fully saturated rings. The van der Waals surface area contributed by atoms with Crippen LogP contribution in [0.4, 0.5) is 0 Å². The fraction of sp³-hybridized carbons (Fsp3) is 0.417. The molecule has 7 heteroatoms. The van der Waals surface area contributed by atoms with Gasteiger partial charge < -0.3 is 11.1 Å². The summed E-state index contributed by atoms with van der Waals surface area (Å²) in [4.78, 5) is 13.0. The maximum Gasteiger partial charge on any atom is 0.261 e. The van der Waals surface area contributed by atoms with Gasteiger partial charge in [0.2, 0.25) is 0 Å². The molecule has 1 heterocycles. The number of carbonyl (C=O) groups is 1. The predicted molar refractivity (Wildman–Crippen MR) is 76.9 cm³/mol. The van der Waals surface area contributed by atoms with E-state index in [4.69, 9.17) is 5.73 Å². The minimum atomic E-state index is -3.05. The van der Waals surface area contributed by atoms with Crippen molar-refractivity contribution in [2.45, 2.75) is 6.92 Å². The molecule has 104 valence electrons. The molecule has 0 saturated carbocycles. The molecule has 1 rings (SSSR count). The Labute approximate surface area is 117 Å². The number of thiophene rings is 1. The first-order valence-corrected chi connectivity index (χ1v) is 8.39.